The van der Waals surface area contributed by atoms with Gasteiger partial charge in [-0.1, -0.05) is 28.9 Å². The molecule has 3 N–H and O–H groups in total. The Morgan fingerprint density at radius 2 is 1.83 bits per heavy atom. The fraction of sp³-hybridized carbons (Fsp3) is 0.273. The van der Waals surface area contributed by atoms with Gasteiger partial charge < -0.3 is 25.1 Å². The summed E-state index contributed by atoms with van der Waals surface area (Å²) in [6.45, 7) is 1.80. The van der Waals surface area contributed by atoms with E-state index >= 15 is 0 Å². The third-order valence-electron chi connectivity index (χ3n) is 4.58. The van der Waals surface area contributed by atoms with Gasteiger partial charge in [0.05, 0.1) is 0 Å². The lowest BCUT2D eigenvalue weighted by Crippen LogP contribution is -2.45. The van der Waals surface area contributed by atoms with Crippen molar-refractivity contribution in [3.63, 3.8) is 0 Å². The molecule has 2 aromatic carbocycles. The molecule has 0 fully saturated rings. The zero-order valence-electron chi connectivity index (χ0n) is 18.5. The van der Waals surface area contributed by atoms with Crippen LogP contribution in [-0.2, 0) is 16.1 Å². The van der Waals surface area contributed by atoms with Crippen molar-refractivity contribution in [2.24, 2.45) is 5.73 Å². The summed E-state index contributed by atoms with van der Waals surface area (Å²) in [6, 6.07) is 8.91. The Morgan fingerprint density at radius 3 is 2.31 bits per heavy atom. The standard InChI is InChI=1S/C20H17ClF4N4O2.CH4O.CH2O/c21-14-3-5-15(6-4-14)29(17(18(26)30)7-8-20(23,24)25)10-13-2-1-12(9-16(13)22)19-27-11-31-28-19;2*1-2/h1-6,9,11,17H,7-8,10H2,(H2,26,30);2H,1H3;1H2/t17-;;/m1../s1. The predicted molar refractivity (Wildman–Crippen MR) is 121 cm³/mol. The molecule has 0 aliphatic heterocycles. The average Bonchev–Trinajstić information content (AvgIpc) is 3.37. The molecular formula is C22H23ClF4N4O4. The van der Waals surface area contributed by atoms with E-state index in [9.17, 15) is 22.4 Å². The van der Waals surface area contributed by atoms with Gasteiger partial charge in [0.15, 0.2) is 0 Å². The van der Waals surface area contributed by atoms with Gasteiger partial charge in [0, 0.05) is 41.9 Å². The molecule has 1 heterocycles. The Balaban J connectivity index is 0.00000145. The van der Waals surface area contributed by atoms with Crippen LogP contribution in [0.4, 0.5) is 23.2 Å². The normalized spacial score (nSPS) is 11.4. The van der Waals surface area contributed by atoms with Crippen LogP contribution in [0.5, 0.6) is 0 Å². The highest BCUT2D eigenvalue weighted by Crippen LogP contribution is 2.29. The van der Waals surface area contributed by atoms with Gasteiger partial charge in [0.1, 0.15) is 18.6 Å². The van der Waals surface area contributed by atoms with E-state index in [4.69, 9.17) is 27.2 Å². The summed E-state index contributed by atoms with van der Waals surface area (Å²) in [5.74, 6) is -1.43. The highest BCUT2D eigenvalue weighted by molar-refractivity contribution is 6.30. The SMILES string of the molecule is C=O.CO.NC(=O)[C@@H](CCC(F)(F)F)N(Cc1ccc(-c2ncon2)cc1F)c1ccc(Cl)cc1. The molecular weight excluding hydrogens is 496 g/mol. The second kappa shape index (κ2) is 14.0. The lowest BCUT2D eigenvalue weighted by molar-refractivity contribution is -0.138. The fourth-order valence-corrected chi connectivity index (χ4v) is 3.19. The van der Waals surface area contributed by atoms with Gasteiger partial charge in [-0.25, -0.2) is 4.39 Å². The number of aliphatic hydroxyl groups excluding tert-OH is 1. The molecule has 35 heavy (non-hydrogen) atoms. The number of hydrogen-bond donors (Lipinski definition) is 2. The lowest BCUT2D eigenvalue weighted by Gasteiger charge is -2.32. The largest absolute Gasteiger partial charge is 0.400 e. The number of nitrogens with two attached hydrogens (primary N) is 1. The predicted octanol–water partition coefficient (Wildman–Crippen LogP) is 4.16. The lowest BCUT2D eigenvalue weighted by atomic mass is 10.0. The van der Waals surface area contributed by atoms with Crippen molar-refractivity contribution in [1.82, 2.24) is 10.1 Å². The molecule has 0 bridgehead atoms. The third kappa shape index (κ3) is 8.98. The first-order valence-corrected chi connectivity index (χ1v) is 10.2. The molecule has 0 saturated carbocycles. The number of halogens is 5. The Kier molecular flexibility index (Phi) is 11.8. The topological polar surface area (TPSA) is 123 Å². The number of carbonyl (C=O) groups is 2. The van der Waals surface area contributed by atoms with Gasteiger partial charge in [0.2, 0.25) is 18.1 Å². The molecule has 0 spiro atoms. The molecule has 3 rings (SSSR count). The Morgan fingerprint density at radius 1 is 1.20 bits per heavy atom. The molecule has 0 aliphatic carbocycles. The van der Waals surface area contributed by atoms with E-state index in [-0.39, 0.29) is 17.9 Å². The monoisotopic (exact) mass is 518 g/mol. The van der Waals surface area contributed by atoms with E-state index in [0.29, 0.717) is 16.3 Å². The minimum absolute atomic E-state index is 0.139. The number of anilines is 1. The molecule has 190 valence electrons. The number of alkyl halides is 3. The summed E-state index contributed by atoms with van der Waals surface area (Å²) in [5, 5.41) is 11.0. The van der Waals surface area contributed by atoms with Gasteiger partial charge in [0.25, 0.3) is 0 Å². The number of aliphatic hydroxyl groups is 1. The van der Waals surface area contributed by atoms with Crippen LogP contribution in [0, 0.1) is 5.82 Å². The van der Waals surface area contributed by atoms with Crippen LogP contribution in [0.15, 0.2) is 53.4 Å². The number of hydrogen-bond acceptors (Lipinski definition) is 7. The van der Waals surface area contributed by atoms with Crippen LogP contribution in [0.3, 0.4) is 0 Å². The summed E-state index contributed by atoms with van der Waals surface area (Å²) >= 11 is 5.89. The maximum atomic E-state index is 14.8. The molecule has 13 heteroatoms. The second-order valence-electron chi connectivity index (χ2n) is 6.74. The van der Waals surface area contributed by atoms with Crippen molar-refractivity contribution in [1.29, 1.82) is 0 Å². The van der Waals surface area contributed by atoms with Gasteiger partial charge >= 0.3 is 6.18 Å². The zero-order chi connectivity index (χ0) is 26.6. The smallest absolute Gasteiger partial charge is 0.389 e. The Hall–Kier alpha value is -3.51. The van der Waals surface area contributed by atoms with Crippen molar-refractivity contribution in [2.45, 2.75) is 31.6 Å². The molecule has 0 aliphatic rings. The number of amides is 1. The van der Waals surface area contributed by atoms with Gasteiger partial charge in [-0.05, 0) is 36.8 Å². The van der Waals surface area contributed by atoms with Crippen LogP contribution >= 0.6 is 11.6 Å². The first kappa shape index (κ1) is 29.5. The fourth-order valence-electron chi connectivity index (χ4n) is 3.06. The number of primary amides is 1. The summed E-state index contributed by atoms with van der Waals surface area (Å²) < 4.78 is 57.8. The van der Waals surface area contributed by atoms with Gasteiger partial charge in [-0.2, -0.15) is 18.2 Å². The van der Waals surface area contributed by atoms with E-state index in [0.717, 1.165) is 13.5 Å². The number of rotatable bonds is 8. The minimum Gasteiger partial charge on any atom is -0.400 e. The summed E-state index contributed by atoms with van der Waals surface area (Å²) in [6.07, 6.45) is -5.17. The van der Waals surface area contributed by atoms with E-state index in [2.05, 4.69) is 14.7 Å². The number of nitrogens with zero attached hydrogens (tertiary/aromatic N) is 3. The van der Waals surface area contributed by atoms with Crippen LogP contribution < -0.4 is 10.6 Å². The van der Waals surface area contributed by atoms with Crippen LogP contribution in [0.2, 0.25) is 5.02 Å². The van der Waals surface area contributed by atoms with E-state index < -0.39 is 36.8 Å². The molecule has 0 radical (unpaired) electrons. The van der Waals surface area contributed by atoms with Crippen molar-refractivity contribution in [3.05, 3.63) is 65.3 Å². The number of aromatic nitrogens is 2. The van der Waals surface area contributed by atoms with Crippen molar-refractivity contribution in [2.75, 3.05) is 12.0 Å². The summed E-state index contributed by atoms with van der Waals surface area (Å²) in [5.41, 5.74) is 6.29. The average molecular weight is 519 g/mol. The van der Waals surface area contributed by atoms with Gasteiger partial charge in [-0.3, -0.25) is 4.79 Å². The van der Waals surface area contributed by atoms with E-state index in [1.807, 2.05) is 6.79 Å². The first-order valence-electron chi connectivity index (χ1n) is 9.81. The summed E-state index contributed by atoms with van der Waals surface area (Å²) in [7, 11) is 1.00. The van der Waals surface area contributed by atoms with Crippen LogP contribution in [0.1, 0.15) is 18.4 Å². The molecule has 0 saturated heterocycles. The number of benzene rings is 2. The summed E-state index contributed by atoms with van der Waals surface area (Å²) in [4.78, 5) is 25.2. The number of carbonyl (C=O) groups excluding carboxylic acids is 2. The molecule has 0 unspecified atom stereocenters. The quantitative estimate of drug-likeness (QED) is 0.429. The second-order valence-corrected chi connectivity index (χ2v) is 7.17. The van der Waals surface area contributed by atoms with Crippen molar-refractivity contribution < 1.29 is 36.8 Å². The Bertz CT molecular complexity index is 1050. The van der Waals surface area contributed by atoms with Crippen LogP contribution in [-0.4, -0.2) is 47.3 Å². The van der Waals surface area contributed by atoms with E-state index in [1.165, 1.54) is 47.4 Å². The highest BCUT2D eigenvalue weighted by Gasteiger charge is 2.33. The first-order chi connectivity index (χ1) is 16.6. The van der Waals surface area contributed by atoms with Crippen molar-refractivity contribution in [3.8, 4) is 11.4 Å². The highest BCUT2D eigenvalue weighted by atomic mass is 35.5. The maximum Gasteiger partial charge on any atom is 0.389 e. The maximum absolute atomic E-state index is 14.8. The minimum atomic E-state index is -4.48. The van der Waals surface area contributed by atoms with Crippen molar-refractivity contribution >= 4 is 30.0 Å². The molecule has 1 atom stereocenters. The zero-order valence-corrected chi connectivity index (χ0v) is 19.3. The molecule has 1 aromatic heterocycles. The van der Waals surface area contributed by atoms with E-state index in [1.54, 1.807) is 0 Å². The van der Waals surface area contributed by atoms with Gasteiger partial charge in [-0.15, -0.1) is 0 Å². The Labute approximate surface area is 203 Å². The molecule has 1 amide bonds. The molecule has 3 aromatic rings. The molecule has 8 nitrogen and oxygen atoms in total. The third-order valence-corrected chi connectivity index (χ3v) is 4.83. The van der Waals surface area contributed by atoms with Crippen LogP contribution in [0.25, 0.3) is 11.4 Å².